The van der Waals surface area contributed by atoms with Crippen molar-refractivity contribution in [2.45, 2.75) is 31.4 Å². The summed E-state index contributed by atoms with van der Waals surface area (Å²) in [5.41, 5.74) is 0. The van der Waals surface area contributed by atoms with Gasteiger partial charge in [-0.1, -0.05) is 6.92 Å². The number of rotatable bonds is 1. The monoisotopic (exact) mass is 228 g/mol. The average Bonchev–Trinajstić information content (AvgIpc) is 2.09. The van der Waals surface area contributed by atoms with Gasteiger partial charge in [0.15, 0.2) is 6.10 Å². The second-order valence-electron chi connectivity index (χ2n) is 2.89. The number of cyclic esters (lactones) is 2. The first-order valence-electron chi connectivity index (χ1n) is 3.95. The molecular formula is C7H7F3O5. The summed E-state index contributed by atoms with van der Waals surface area (Å²) in [5, 5.41) is 9.11. The van der Waals surface area contributed by atoms with E-state index in [4.69, 9.17) is 5.11 Å². The Hall–Kier alpha value is -1.31. The molecule has 0 amide bonds. The fourth-order valence-corrected chi connectivity index (χ4v) is 1.11. The number of esters is 2. The predicted molar refractivity (Wildman–Crippen MR) is 37.3 cm³/mol. The first kappa shape index (κ1) is 11.8. The van der Waals surface area contributed by atoms with Gasteiger partial charge in [-0.15, -0.1) is 0 Å². The summed E-state index contributed by atoms with van der Waals surface area (Å²) >= 11 is 0. The van der Waals surface area contributed by atoms with Gasteiger partial charge in [-0.05, 0) is 6.42 Å². The number of ether oxygens (including phenoxy) is 2. The third kappa shape index (κ3) is 1.76. The highest BCUT2D eigenvalue weighted by Crippen LogP contribution is 2.38. The van der Waals surface area contributed by atoms with Crippen LogP contribution in [0.1, 0.15) is 13.3 Å². The lowest BCUT2D eigenvalue weighted by Gasteiger charge is -2.37. The van der Waals surface area contributed by atoms with Gasteiger partial charge < -0.3 is 14.6 Å². The van der Waals surface area contributed by atoms with E-state index in [0.29, 0.717) is 0 Å². The molecule has 15 heavy (non-hydrogen) atoms. The molecule has 8 heteroatoms. The van der Waals surface area contributed by atoms with E-state index in [9.17, 15) is 22.8 Å². The van der Waals surface area contributed by atoms with Gasteiger partial charge in [-0.25, -0.2) is 9.59 Å². The first-order valence-corrected chi connectivity index (χ1v) is 3.95. The van der Waals surface area contributed by atoms with Gasteiger partial charge in [-0.2, -0.15) is 13.2 Å². The Morgan fingerprint density at radius 3 is 2.33 bits per heavy atom. The van der Waals surface area contributed by atoms with Gasteiger partial charge in [0.05, 0.1) is 0 Å². The van der Waals surface area contributed by atoms with Gasteiger partial charge in [-0.3, -0.25) is 0 Å². The van der Waals surface area contributed by atoms with E-state index >= 15 is 0 Å². The van der Waals surface area contributed by atoms with Crippen molar-refractivity contribution in [1.82, 2.24) is 0 Å². The molecular weight excluding hydrogens is 221 g/mol. The van der Waals surface area contributed by atoms with Crippen LogP contribution in [0.2, 0.25) is 0 Å². The molecule has 0 aliphatic carbocycles. The molecule has 1 saturated heterocycles. The van der Waals surface area contributed by atoms with Crippen LogP contribution in [0.5, 0.6) is 0 Å². The summed E-state index contributed by atoms with van der Waals surface area (Å²) in [6.45, 7) is 1.24. The van der Waals surface area contributed by atoms with Crippen LogP contribution in [0.15, 0.2) is 0 Å². The summed E-state index contributed by atoms with van der Waals surface area (Å²) in [5.74, 6) is -7.16. The standard InChI is InChI=1S/C7H7F3O5/c1-2-3-6(13,7(8,9)10)15-5(12)4(11)14-3/h3,13H,2H2,1H3. The van der Waals surface area contributed by atoms with Gasteiger partial charge in [0.25, 0.3) is 0 Å². The highest BCUT2D eigenvalue weighted by Gasteiger charge is 2.66. The molecule has 2 unspecified atom stereocenters. The number of carbonyl (C=O) groups excluding carboxylic acids is 2. The molecule has 1 aliphatic heterocycles. The lowest BCUT2D eigenvalue weighted by atomic mass is 10.1. The molecule has 1 heterocycles. The van der Waals surface area contributed by atoms with Crippen LogP contribution in [-0.2, 0) is 19.1 Å². The summed E-state index contributed by atoms with van der Waals surface area (Å²) in [7, 11) is 0. The Balaban J connectivity index is 3.05. The van der Waals surface area contributed by atoms with Crippen LogP contribution < -0.4 is 0 Å². The quantitative estimate of drug-likeness (QED) is 0.509. The SMILES string of the molecule is CCC1OC(=O)C(=O)OC1(O)C(F)(F)F. The van der Waals surface area contributed by atoms with Crippen LogP contribution in [-0.4, -0.2) is 35.1 Å². The van der Waals surface area contributed by atoms with Crippen molar-refractivity contribution in [2.24, 2.45) is 0 Å². The molecule has 1 rings (SSSR count). The molecule has 0 spiro atoms. The molecule has 1 N–H and O–H groups in total. The Labute approximate surface area is 81.8 Å². The largest absolute Gasteiger partial charge is 0.459 e. The Bertz CT molecular complexity index is 299. The molecule has 0 aromatic rings. The number of hydrogen-bond donors (Lipinski definition) is 1. The molecule has 0 saturated carbocycles. The van der Waals surface area contributed by atoms with Gasteiger partial charge in [0.2, 0.25) is 0 Å². The molecule has 0 radical (unpaired) electrons. The second-order valence-corrected chi connectivity index (χ2v) is 2.89. The van der Waals surface area contributed by atoms with Crippen LogP contribution in [0, 0.1) is 0 Å². The van der Waals surface area contributed by atoms with E-state index < -0.39 is 30.0 Å². The molecule has 2 atom stereocenters. The zero-order chi connectivity index (χ0) is 11.9. The molecule has 0 aromatic carbocycles. The molecule has 86 valence electrons. The van der Waals surface area contributed by atoms with Crippen molar-refractivity contribution < 1.29 is 37.3 Å². The number of aliphatic hydroxyl groups is 1. The maximum absolute atomic E-state index is 12.3. The van der Waals surface area contributed by atoms with Crippen molar-refractivity contribution in [3.05, 3.63) is 0 Å². The number of carbonyl (C=O) groups is 2. The van der Waals surface area contributed by atoms with E-state index in [1.54, 1.807) is 0 Å². The summed E-state index contributed by atoms with van der Waals surface area (Å²) in [6, 6.07) is 0. The van der Waals surface area contributed by atoms with E-state index in [1.807, 2.05) is 0 Å². The summed E-state index contributed by atoms with van der Waals surface area (Å²) in [4.78, 5) is 21.2. The smallest absolute Gasteiger partial charge is 0.447 e. The summed E-state index contributed by atoms with van der Waals surface area (Å²) < 4.78 is 44.8. The highest BCUT2D eigenvalue weighted by molar-refractivity contribution is 6.30. The maximum atomic E-state index is 12.3. The van der Waals surface area contributed by atoms with Crippen molar-refractivity contribution in [1.29, 1.82) is 0 Å². The minimum absolute atomic E-state index is 0.338. The molecule has 1 aliphatic rings. The van der Waals surface area contributed by atoms with Crippen LogP contribution in [0.3, 0.4) is 0 Å². The van der Waals surface area contributed by atoms with Gasteiger partial charge in [0, 0.05) is 0 Å². The third-order valence-corrected chi connectivity index (χ3v) is 1.88. The van der Waals surface area contributed by atoms with Crippen LogP contribution in [0.25, 0.3) is 0 Å². The number of alkyl halides is 3. The normalized spacial score (nSPS) is 32.2. The van der Waals surface area contributed by atoms with Crippen LogP contribution >= 0.6 is 0 Å². The fourth-order valence-electron chi connectivity index (χ4n) is 1.11. The Morgan fingerprint density at radius 1 is 1.40 bits per heavy atom. The van der Waals surface area contributed by atoms with E-state index in [0.717, 1.165) is 0 Å². The zero-order valence-corrected chi connectivity index (χ0v) is 7.50. The highest BCUT2D eigenvalue weighted by atomic mass is 19.4. The molecule has 5 nitrogen and oxygen atoms in total. The first-order chi connectivity index (χ1) is 6.72. The minimum Gasteiger partial charge on any atom is -0.447 e. The maximum Gasteiger partial charge on any atom is 0.459 e. The zero-order valence-electron chi connectivity index (χ0n) is 7.50. The lowest BCUT2D eigenvalue weighted by molar-refractivity contribution is -0.387. The molecule has 1 fully saturated rings. The predicted octanol–water partition coefficient (Wildman–Crippen LogP) is 0.116. The Morgan fingerprint density at radius 2 is 1.93 bits per heavy atom. The number of hydrogen-bond acceptors (Lipinski definition) is 5. The molecule has 0 bridgehead atoms. The molecule has 0 aromatic heterocycles. The van der Waals surface area contributed by atoms with Crippen LogP contribution in [0.4, 0.5) is 13.2 Å². The van der Waals surface area contributed by atoms with Gasteiger partial charge in [0.1, 0.15) is 0 Å². The van der Waals surface area contributed by atoms with Crippen molar-refractivity contribution in [3.8, 4) is 0 Å². The van der Waals surface area contributed by atoms with E-state index in [2.05, 4.69) is 9.47 Å². The topological polar surface area (TPSA) is 72.8 Å². The number of halogens is 3. The van der Waals surface area contributed by atoms with Crippen molar-refractivity contribution in [2.75, 3.05) is 0 Å². The minimum atomic E-state index is -5.22. The van der Waals surface area contributed by atoms with Gasteiger partial charge >= 0.3 is 23.9 Å². The van der Waals surface area contributed by atoms with E-state index in [-0.39, 0.29) is 6.42 Å². The average molecular weight is 228 g/mol. The fraction of sp³-hybridized carbons (Fsp3) is 0.714. The van der Waals surface area contributed by atoms with E-state index in [1.165, 1.54) is 6.92 Å². The Kier molecular flexibility index (Phi) is 2.64. The second kappa shape index (κ2) is 3.37. The summed E-state index contributed by atoms with van der Waals surface area (Å²) in [6.07, 6.45) is -7.50. The lowest BCUT2D eigenvalue weighted by Crippen LogP contribution is -2.62. The third-order valence-electron chi connectivity index (χ3n) is 1.88. The van der Waals surface area contributed by atoms with Crippen molar-refractivity contribution in [3.63, 3.8) is 0 Å². The van der Waals surface area contributed by atoms with Crippen molar-refractivity contribution >= 4 is 11.9 Å².